The van der Waals surface area contributed by atoms with Crippen LogP contribution in [0.4, 0.5) is 20.2 Å². The minimum Gasteiger partial charge on any atom is -0.324 e. The van der Waals surface area contributed by atoms with Gasteiger partial charge in [0, 0.05) is 11.8 Å². The first-order valence-corrected chi connectivity index (χ1v) is 9.68. The van der Waals surface area contributed by atoms with Gasteiger partial charge in [0.15, 0.2) is 11.6 Å². The maximum absolute atomic E-state index is 13.5. The van der Waals surface area contributed by atoms with E-state index >= 15 is 0 Å². The number of nitrogens with zero attached hydrogens (tertiary/aromatic N) is 1. The summed E-state index contributed by atoms with van der Waals surface area (Å²) in [5.74, 6) is -2.89. The van der Waals surface area contributed by atoms with E-state index in [9.17, 15) is 22.0 Å². The lowest BCUT2D eigenvalue weighted by Gasteiger charge is -2.28. The van der Waals surface area contributed by atoms with Gasteiger partial charge < -0.3 is 5.32 Å². The van der Waals surface area contributed by atoms with E-state index < -0.39 is 33.6 Å². The highest BCUT2D eigenvalue weighted by molar-refractivity contribution is 7.92. The number of amides is 1. The number of sulfonamides is 1. The number of aryl methyl sites for hydroxylation is 2. The van der Waals surface area contributed by atoms with E-state index in [1.54, 1.807) is 6.07 Å². The number of anilines is 2. The largest absolute Gasteiger partial charge is 0.324 e. The fourth-order valence-electron chi connectivity index (χ4n) is 2.54. The molecule has 0 saturated carbocycles. The minimum absolute atomic E-state index is 0.130. The Morgan fingerprint density at radius 2 is 1.73 bits per heavy atom. The second kappa shape index (κ2) is 7.41. The van der Waals surface area contributed by atoms with Crippen LogP contribution in [0, 0.1) is 25.5 Å². The highest BCUT2D eigenvalue weighted by Crippen LogP contribution is 2.24. The summed E-state index contributed by atoms with van der Waals surface area (Å²) < 4.78 is 51.8. The number of nitrogens with one attached hydrogen (secondary N) is 1. The normalized spacial score (nSPS) is 12.5. The summed E-state index contributed by atoms with van der Waals surface area (Å²) in [6, 6.07) is 6.99. The highest BCUT2D eigenvalue weighted by Gasteiger charge is 2.30. The van der Waals surface area contributed by atoms with Gasteiger partial charge in [-0.2, -0.15) is 0 Å². The van der Waals surface area contributed by atoms with Gasteiger partial charge in [0.25, 0.3) is 0 Å². The number of hydrogen-bond donors (Lipinski definition) is 1. The van der Waals surface area contributed by atoms with Crippen LogP contribution >= 0.6 is 0 Å². The predicted molar refractivity (Wildman–Crippen MR) is 97.7 cm³/mol. The molecule has 26 heavy (non-hydrogen) atoms. The molecule has 2 rings (SSSR count). The summed E-state index contributed by atoms with van der Waals surface area (Å²) in [5, 5.41) is 2.69. The van der Waals surface area contributed by atoms with Crippen molar-refractivity contribution in [1.82, 2.24) is 0 Å². The molecule has 1 N–H and O–H groups in total. The van der Waals surface area contributed by atoms with Gasteiger partial charge in [0.2, 0.25) is 15.9 Å². The molecule has 1 atom stereocenters. The fraction of sp³-hybridized carbons (Fsp3) is 0.278. The molecule has 0 heterocycles. The summed E-state index contributed by atoms with van der Waals surface area (Å²) >= 11 is 0. The van der Waals surface area contributed by atoms with E-state index in [1.165, 1.54) is 6.92 Å². The van der Waals surface area contributed by atoms with Crippen molar-refractivity contribution in [3.05, 3.63) is 59.2 Å². The van der Waals surface area contributed by atoms with Crippen LogP contribution in [0.15, 0.2) is 36.4 Å². The molecule has 0 unspecified atom stereocenters. The lowest BCUT2D eigenvalue weighted by atomic mass is 10.1. The third kappa shape index (κ3) is 4.37. The number of carbonyl (C=O) groups excluding carboxylic acids is 1. The number of halogens is 2. The van der Waals surface area contributed by atoms with Crippen LogP contribution in [0.1, 0.15) is 18.1 Å². The monoisotopic (exact) mass is 382 g/mol. The maximum Gasteiger partial charge on any atom is 0.248 e. The number of carbonyl (C=O) groups is 1. The van der Waals surface area contributed by atoms with Crippen molar-refractivity contribution < 1.29 is 22.0 Å². The van der Waals surface area contributed by atoms with Crippen molar-refractivity contribution >= 4 is 27.3 Å². The maximum atomic E-state index is 13.5. The zero-order valence-corrected chi connectivity index (χ0v) is 15.7. The van der Waals surface area contributed by atoms with Crippen molar-refractivity contribution in [2.24, 2.45) is 0 Å². The van der Waals surface area contributed by atoms with Gasteiger partial charge in [0.1, 0.15) is 6.04 Å². The number of rotatable bonds is 5. The van der Waals surface area contributed by atoms with Gasteiger partial charge in [-0.25, -0.2) is 17.2 Å². The molecule has 140 valence electrons. The molecule has 5 nitrogen and oxygen atoms in total. The van der Waals surface area contributed by atoms with E-state index in [-0.39, 0.29) is 5.69 Å². The number of hydrogen-bond acceptors (Lipinski definition) is 3. The van der Waals surface area contributed by atoms with E-state index in [0.717, 1.165) is 39.9 Å². The molecular formula is C18H20F2N2O3S. The zero-order valence-electron chi connectivity index (χ0n) is 14.9. The van der Waals surface area contributed by atoms with Crippen LogP contribution in [-0.4, -0.2) is 26.6 Å². The molecule has 0 fully saturated rings. The Balaban J connectivity index is 2.37. The molecule has 0 aliphatic rings. The second-order valence-electron chi connectivity index (χ2n) is 6.14. The Labute approximate surface area is 151 Å². The number of benzene rings is 2. The van der Waals surface area contributed by atoms with Gasteiger partial charge >= 0.3 is 0 Å². The van der Waals surface area contributed by atoms with Crippen molar-refractivity contribution in [3.63, 3.8) is 0 Å². The summed E-state index contributed by atoms with van der Waals surface area (Å²) in [7, 11) is -3.92. The van der Waals surface area contributed by atoms with Gasteiger partial charge in [-0.3, -0.25) is 9.10 Å². The molecular weight excluding hydrogens is 362 g/mol. The van der Waals surface area contributed by atoms with Crippen LogP contribution < -0.4 is 9.62 Å². The molecule has 0 bridgehead atoms. The molecule has 2 aromatic carbocycles. The van der Waals surface area contributed by atoms with Gasteiger partial charge in [-0.15, -0.1) is 0 Å². The van der Waals surface area contributed by atoms with Crippen LogP contribution in [0.2, 0.25) is 0 Å². The molecule has 8 heteroatoms. The first-order chi connectivity index (χ1) is 12.0. The Kier molecular flexibility index (Phi) is 5.65. The Hall–Kier alpha value is -2.48. The molecule has 2 aromatic rings. The zero-order chi connectivity index (χ0) is 19.6. The molecule has 0 radical (unpaired) electrons. The van der Waals surface area contributed by atoms with E-state index in [2.05, 4.69) is 5.32 Å². The van der Waals surface area contributed by atoms with Gasteiger partial charge in [-0.05, 0) is 50.1 Å². The Morgan fingerprint density at radius 1 is 1.08 bits per heavy atom. The first kappa shape index (κ1) is 19.8. The van der Waals surface area contributed by atoms with Crippen molar-refractivity contribution in [3.8, 4) is 0 Å². The summed E-state index contributed by atoms with van der Waals surface area (Å²) in [6.07, 6.45) is 0.899. The molecule has 0 aliphatic heterocycles. The minimum atomic E-state index is -3.92. The van der Waals surface area contributed by atoms with Gasteiger partial charge in [0.05, 0.1) is 11.9 Å². The smallest absolute Gasteiger partial charge is 0.248 e. The lowest BCUT2D eigenvalue weighted by molar-refractivity contribution is -0.116. The Bertz CT molecular complexity index is 945. The standard InChI is InChI=1S/C18H20F2N2O3S/c1-11-5-6-12(2)17(9-11)21-18(23)13(3)22(26(4,24)25)14-7-8-15(19)16(20)10-14/h5-10,13H,1-4H3,(H,21,23)/t13-/m1/s1. The van der Waals surface area contributed by atoms with Crippen molar-refractivity contribution in [2.75, 3.05) is 15.9 Å². The van der Waals surface area contributed by atoms with Crippen molar-refractivity contribution in [2.45, 2.75) is 26.8 Å². The Morgan fingerprint density at radius 3 is 2.31 bits per heavy atom. The van der Waals surface area contributed by atoms with Crippen molar-refractivity contribution in [1.29, 1.82) is 0 Å². The topological polar surface area (TPSA) is 66.5 Å². The summed E-state index contributed by atoms with van der Waals surface area (Å²) in [5.41, 5.74) is 2.17. The third-order valence-electron chi connectivity index (χ3n) is 3.90. The fourth-order valence-corrected chi connectivity index (χ4v) is 3.71. The molecule has 1 amide bonds. The van der Waals surface area contributed by atoms with Crippen LogP contribution in [-0.2, 0) is 14.8 Å². The van der Waals surface area contributed by atoms with E-state index in [4.69, 9.17) is 0 Å². The van der Waals surface area contributed by atoms with Crippen LogP contribution in [0.3, 0.4) is 0 Å². The molecule has 0 saturated heterocycles. The summed E-state index contributed by atoms with van der Waals surface area (Å²) in [4.78, 5) is 12.6. The predicted octanol–water partition coefficient (Wildman–Crippen LogP) is 3.37. The first-order valence-electron chi connectivity index (χ1n) is 7.83. The lowest BCUT2D eigenvalue weighted by Crippen LogP contribution is -2.45. The van der Waals surface area contributed by atoms with E-state index in [1.807, 2.05) is 26.0 Å². The van der Waals surface area contributed by atoms with Crippen LogP contribution in [0.25, 0.3) is 0 Å². The molecule has 0 aliphatic carbocycles. The SMILES string of the molecule is Cc1ccc(C)c(NC(=O)[C@@H](C)N(c2ccc(F)c(F)c2)S(C)(=O)=O)c1. The molecule has 0 spiro atoms. The third-order valence-corrected chi connectivity index (χ3v) is 5.14. The second-order valence-corrected chi connectivity index (χ2v) is 8.00. The quantitative estimate of drug-likeness (QED) is 0.862. The van der Waals surface area contributed by atoms with Gasteiger partial charge in [-0.1, -0.05) is 12.1 Å². The average Bonchev–Trinajstić information content (AvgIpc) is 2.53. The van der Waals surface area contributed by atoms with E-state index in [0.29, 0.717) is 5.69 Å². The molecule has 0 aromatic heterocycles. The highest BCUT2D eigenvalue weighted by atomic mass is 32.2. The average molecular weight is 382 g/mol. The van der Waals surface area contributed by atoms with Crippen LogP contribution in [0.5, 0.6) is 0 Å². The summed E-state index contributed by atoms with van der Waals surface area (Å²) in [6.45, 7) is 5.05.